The van der Waals surface area contributed by atoms with E-state index in [1.165, 1.54) is 7.05 Å². The Morgan fingerprint density at radius 3 is 2.45 bits per heavy atom. The van der Waals surface area contributed by atoms with Crippen LogP contribution in [0, 0.1) is 6.92 Å². The molecule has 1 aromatic heterocycles. The molecule has 2 amide bonds. The Kier molecular flexibility index (Phi) is 7.04. The monoisotopic (exact) mass is 326 g/mol. The van der Waals surface area contributed by atoms with Gasteiger partial charge in [-0.3, -0.25) is 9.59 Å². The highest BCUT2D eigenvalue weighted by molar-refractivity contribution is 7.18. The smallest absolute Gasteiger partial charge is 0.348 e. The van der Waals surface area contributed by atoms with E-state index in [1.54, 1.807) is 13.8 Å². The minimum atomic E-state index is -0.482. The molecule has 0 fully saturated rings. The van der Waals surface area contributed by atoms with Gasteiger partial charge in [-0.05, 0) is 25.8 Å². The number of amides is 2. The predicted octanol–water partition coefficient (Wildman–Crippen LogP) is 2.72. The number of thiophene rings is 1. The van der Waals surface area contributed by atoms with Crippen molar-refractivity contribution >= 4 is 34.1 Å². The lowest BCUT2D eigenvalue weighted by atomic mass is 10.1. The van der Waals surface area contributed by atoms with Crippen LogP contribution in [0.3, 0.4) is 0 Å². The SMILES string of the molecule is CCCCC(=O)Nc1sc(C(=O)OCC)c(C)c1C(=O)NC. The zero-order valence-corrected chi connectivity index (χ0v) is 14.2. The Morgan fingerprint density at radius 2 is 1.91 bits per heavy atom. The van der Waals surface area contributed by atoms with Crippen LogP contribution >= 0.6 is 11.3 Å². The van der Waals surface area contributed by atoms with Gasteiger partial charge >= 0.3 is 5.97 Å². The highest BCUT2D eigenvalue weighted by atomic mass is 32.1. The van der Waals surface area contributed by atoms with Crippen molar-refractivity contribution in [2.24, 2.45) is 0 Å². The molecule has 0 saturated heterocycles. The van der Waals surface area contributed by atoms with Crippen LogP contribution in [0.1, 0.15) is 58.7 Å². The molecule has 0 radical (unpaired) electrons. The van der Waals surface area contributed by atoms with Crippen molar-refractivity contribution in [3.05, 3.63) is 16.0 Å². The predicted molar refractivity (Wildman–Crippen MR) is 86.6 cm³/mol. The Morgan fingerprint density at radius 1 is 1.23 bits per heavy atom. The molecule has 0 bridgehead atoms. The zero-order valence-electron chi connectivity index (χ0n) is 13.4. The van der Waals surface area contributed by atoms with Gasteiger partial charge in [0.1, 0.15) is 9.88 Å². The summed E-state index contributed by atoms with van der Waals surface area (Å²) < 4.78 is 4.99. The maximum absolute atomic E-state index is 12.0. The van der Waals surface area contributed by atoms with Crippen LogP contribution in [0.4, 0.5) is 5.00 Å². The van der Waals surface area contributed by atoms with Crippen molar-refractivity contribution in [2.45, 2.75) is 40.0 Å². The molecule has 122 valence electrons. The van der Waals surface area contributed by atoms with E-state index in [0.29, 0.717) is 27.4 Å². The number of carbonyl (C=O) groups excluding carboxylic acids is 3. The van der Waals surface area contributed by atoms with Crippen molar-refractivity contribution in [2.75, 3.05) is 19.0 Å². The van der Waals surface area contributed by atoms with Crippen molar-refractivity contribution < 1.29 is 19.1 Å². The minimum Gasteiger partial charge on any atom is -0.462 e. The van der Waals surface area contributed by atoms with Crippen LogP contribution in [0.25, 0.3) is 0 Å². The van der Waals surface area contributed by atoms with Gasteiger partial charge in [0.05, 0.1) is 12.2 Å². The summed E-state index contributed by atoms with van der Waals surface area (Å²) in [7, 11) is 1.51. The normalized spacial score (nSPS) is 10.2. The first-order chi connectivity index (χ1) is 10.5. The summed E-state index contributed by atoms with van der Waals surface area (Å²) in [6.45, 7) is 5.64. The van der Waals surface area contributed by atoms with Gasteiger partial charge in [0.25, 0.3) is 5.91 Å². The van der Waals surface area contributed by atoms with E-state index in [-0.39, 0.29) is 18.4 Å². The first-order valence-electron chi connectivity index (χ1n) is 7.28. The van der Waals surface area contributed by atoms with Crippen molar-refractivity contribution in [1.82, 2.24) is 5.32 Å². The Bertz CT molecular complexity index is 566. The van der Waals surface area contributed by atoms with Crippen LogP contribution < -0.4 is 10.6 Å². The summed E-state index contributed by atoms with van der Waals surface area (Å²) in [4.78, 5) is 36.2. The van der Waals surface area contributed by atoms with E-state index in [4.69, 9.17) is 4.74 Å². The fourth-order valence-corrected chi connectivity index (χ4v) is 3.03. The second-order valence-electron chi connectivity index (χ2n) is 4.71. The highest BCUT2D eigenvalue weighted by Gasteiger charge is 2.25. The maximum atomic E-state index is 12.0. The molecule has 0 aliphatic heterocycles. The van der Waals surface area contributed by atoms with Crippen molar-refractivity contribution in [1.29, 1.82) is 0 Å². The first kappa shape index (κ1) is 18.2. The second-order valence-corrected chi connectivity index (χ2v) is 5.73. The van der Waals surface area contributed by atoms with E-state index in [2.05, 4.69) is 10.6 Å². The van der Waals surface area contributed by atoms with Crippen LogP contribution in [0.5, 0.6) is 0 Å². The molecule has 0 aliphatic carbocycles. The number of hydrogen-bond acceptors (Lipinski definition) is 5. The molecular formula is C15H22N2O4S. The molecule has 1 heterocycles. The van der Waals surface area contributed by atoms with E-state index < -0.39 is 5.97 Å². The van der Waals surface area contributed by atoms with E-state index in [1.807, 2.05) is 6.92 Å². The van der Waals surface area contributed by atoms with Gasteiger partial charge in [0.15, 0.2) is 0 Å². The van der Waals surface area contributed by atoms with Crippen LogP contribution in [-0.2, 0) is 9.53 Å². The number of esters is 1. The van der Waals surface area contributed by atoms with Gasteiger partial charge in [-0.15, -0.1) is 11.3 Å². The molecule has 0 atom stereocenters. The molecule has 2 N–H and O–H groups in total. The molecule has 0 spiro atoms. The van der Waals surface area contributed by atoms with Crippen LogP contribution in [-0.4, -0.2) is 31.4 Å². The Labute approximate surface area is 134 Å². The molecule has 7 heteroatoms. The summed E-state index contributed by atoms with van der Waals surface area (Å²) in [6.07, 6.45) is 2.07. The lowest BCUT2D eigenvalue weighted by Crippen LogP contribution is -2.21. The number of unbranched alkanes of at least 4 members (excludes halogenated alkanes) is 1. The number of ether oxygens (including phenoxy) is 1. The molecule has 1 rings (SSSR count). The zero-order chi connectivity index (χ0) is 16.7. The van der Waals surface area contributed by atoms with Gasteiger partial charge in [0, 0.05) is 13.5 Å². The Hall–Kier alpha value is -1.89. The van der Waals surface area contributed by atoms with E-state index in [9.17, 15) is 14.4 Å². The number of nitrogens with one attached hydrogen (secondary N) is 2. The molecule has 0 aliphatic rings. The summed E-state index contributed by atoms with van der Waals surface area (Å²) in [5.41, 5.74) is 0.842. The van der Waals surface area contributed by atoms with Crippen molar-refractivity contribution in [3.8, 4) is 0 Å². The lowest BCUT2D eigenvalue weighted by Gasteiger charge is -2.06. The maximum Gasteiger partial charge on any atom is 0.348 e. The topological polar surface area (TPSA) is 84.5 Å². The van der Waals surface area contributed by atoms with Crippen molar-refractivity contribution in [3.63, 3.8) is 0 Å². The molecular weight excluding hydrogens is 304 g/mol. The van der Waals surface area contributed by atoms with E-state index in [0.717, 1.165) is 24.2 Å². The van der Waals surface area contributed by atoms with Gasteiger partial charge in [0.2, 0.25) is 5.91 Å². The first-order valence-corrected chi connectivity index (χ1v) is 8.10. The summed E-state index contributed by atoms with van der Waals surface area (Å²) in [6, 6.07) is 0. The van der Waals surface area contributed by atoms with Crippen LogP contribution in [0.15, 0.2) is 0 Å². The average Bonchev–Trinajstić information content (AvgIpc) is 2.81. The largest absolute Gasteiger partial charge is 0.462 e. The molecule has 6 nitrogen and oxygen atoms in total. The molecule has 0 aromatic carbocycles. The third kappa shape index (κ3) is 4.30. The fourth-order valence-electron chi connectivity index (χ4n) is 1.92. The standard InChI is InChI=1S/C15H22N2O4S/c1-5-7-8-10(18)17-14-11(13(19)16-4)9(3)12(22-14)15(20)21-6-2/h5-8H2,1-4H3,(H,16,19)(H,17,18). The fraction of sp³-hybridized carbons (Fsp3) is 0.533. The highest BCUT2D eigenvalue weighted by Crippen LogP contribution is 2.33. The van der Waals surface area contributed by atoms with Gasteiger partial charge in [-0.2, -0.15) is 0 Å². The molecule has 0 unspecified atom stereocenters. The number of rotatable bonds is 7. The van der Waals surface area contributed by atoms with Gasteiger partial charge < -0.3 is 15.4 Å². The number of carbonyl (C=O) groups is 3. The quantitative estimate of drug-likeness (QED) is 0.755. The average molecular weight is 326 g/mol. The van der Waals surface area contributed by atoms with Gasteiger partial charge in [-0.1, -0.05) is 13.3 Å². The molecule has 1 aromatic rings. The number of anilines is 1. The second kappa shape index (κ2) is 8.53. The van der Waals surface area contributed by atoms with Crippen LogP contribution in [0.2, 0.25) is 0 Å². The van der Waals surface area contributed by atoms with Gasteiger partial charge in [-0.25, -0.2) is 4.79 Å². The Balaban J connectivity index is 3.13. The lowest BCUT2D eigenvalue weighted by molar-refractivity contribution is -0.116. The third-order valence-electron chi connectivity index (χ3n) is 3.07. The molecule has 0 saturated carbocycles. The summed E-state index contributed by atoms with van der Waals surface area (Å²) in [5, 5.41) is 5.65. The molecule has 22 heavy (non-hydrogen) atoms. The minimum absolute atomic E-state index is 0.163. The number of hydrogen-bond donors (Lipinski definition) is 2. The van der Waals surface area contributed by atoms with E-state index >= 15 is 0 Å². The third-order valence-corrected chi connectivity index (χ3v) is 4.26. The summed E-state index contributed by atoms with van der Waals surface area (Å²) in [5.74, 6) is -0.983. The summed E-state index contributed by atoms with van der Waals surface area (Å²) >= 11 is 1.07.